The van der Waals surface area contributed by atoms with E-state index in [1.807, 2.05) is 42.6 Å². The summed E-state index contributed by atoms with van der Waals surface area (Å²) < 4.78 is 0. The van der Waals surface area contributed by atoms with Crippen LogP contribution in [-0.2, 0) is 13.1 Å². The predicted molar refractivity (Wildman–Crippen MR) is 102 cm³/mol. The summed E-state index contributed by atoms with van der Waals surface area (Å²) in [6.45, 7) is 1.20. The lowest BCUT2D eigenvalue weighted by atomic mass is 10.2. The SMILES string of the molecule is Clc1ccc(CNc2nc(NCc3cccnc3)c3[nH]cnc3n2)cc1. The minimum absolute atomic E-state index is 0.508. The number of aromatic amines is 1. The molecule has 7 nitrogen and oxygen atoms in total. The lowest BCUT2D eigenvalue weighted by Gasteiger charge is -2.10. The summed E-state index contributed by atoms with van der Waals surface area (Å²) in [6, 6.07) is 11.6. The van der Waals surface area contributed by atoms with Crippen molar-refractivity contribution in [1.29, 1.82) is 0 Å². The van der Waals surface area contributed by atoms with Gasteiger partial charge in [0.25, 0.3) is 0 Å². The first-order valence-corrected chi connectivity index (χ1v) is 8.48. The van der Waals surface area contributed by atoms with E-state index in [2.05, 4.69) is 35.6 Å². The fourth-order valence-corrected chi connectivity index (χ4v) is 2.64. The van der Waals surface area contributed by atoms with Gasteiger partial charge in [-0.2, -0.15) is 9.97 Å². The van der Waals surface area contributed by atoms with Gasteiger partial charge in [0.05, 0.1) is 6.33 Å². The summed E-state index contributed by atoms with van der Waals surface area (Å²) in [6.07, 6.45) is 5.18. The minimum Gasteiger partial charge on any atom is -0.364 e. The van der Waals surface area contributed by atoms with E-state index in [1.165, 1.54) is 0 Å². The number of rotatable bonds is 6. The number of fused-ring (bicyclic) bond motifs is 1. The molecule has 0 amide bonds. The van der Waals surface area contributed by atoms with Crippen LogP contribution < -0.4 is 10.6 Å². The van der Waals surface area contributed by atoms with Gasteiger partial charge in [-0.3, -0.25) is 4.98 Å². The zero-order chi connectivity index (χ0) is 17.8. The molecule has 0 aliphatic rings. The molecule has 0 bridgehead atoms. The summed E-state index contributed by atoms with van der Waals surface area (Å²) in [7, 11) is 0. The van der Waals surface area contributed by atoms with E-state index in [0.29, 0.717) is 35.5 Å². The quantitative estimate of drug-likeness (QED) is 0.483. The summed E-state index contributed by atoms with van der Waals surface area (Å²) in [5, 5.41) is 7.26. The molecule has 130 valence electrons. The molecular weight excluding hydrogens is 350 g/mol. The maximum atomic E-state index is 5.92. The molecule has 0 aliphatic heterocycles. The number of nitrogens with one attached hydrogen (secondary N) is 3. The van der Waals surface area contributed by atoms with Crippen molar-refractivity contribution in [3.63, 3.8) is 0 Å². The van der Waals surface area contributed by atoms with Gasteiger partial charge in [0.15, 0.2) is 11.5 Å². The summed E-state index contributed by atoms with van der Waals surface area (Å²) in [4.78, 5) is 20.5. The molecule has 0 saturated heterocycles. The fraction of sp³-hybridized carbons (Fsp3) is 0.111. The molecule has 0 radical (unpaired) electrons. The number of nitrogens with zero attached hydrogens (tertiary/aromatic N) is 4. The number of halogens is 1. The Hall–Kier alpha value is -3.19. The highest BCUT2D eigenvalue weighted by atomic mass is 35.5. The highest BCUT2D eigenvalue weighted by Crippen LogP contribution is 2.20. The van der Waals surface area contributed by atoms with Crippen molar-refractivity contribution < 1.29 is 0 Å². The average Bonchev–Trinajstić information content (AvgIpc) is 3.15. The van der Waals surface area contributed by atoms with Gasteiger partial charge in [-0.25, -0.2) is 4.98 Å². The Bertz CT molecular complexity index is 999. The van der Waals surface area contributed by atoms with E-state index in [1.54, 1.807) is 12.5 Å². The first-order valence-electron chi connectivity index (χ1n) is 8.10. The van der Waals surface area contributed by atoms with Crippen LogP contribution in [0.15, 0.2) is 55.1 Å². The van der Waals surface area contributed by atoms with Gasteiger partial charge in [0, 0.05) is 30.5 Å². The zero-order valence-electron chi connectivity index (χ0n) is 13.8. The number of aromatic nitrogens is 5. The van der Waals surface area contributed by atoms with Crippen LogP contribution in [0.25, 0.3) is 11.2 Å². The van der Waals surface area contributed by atoms with Crippen LogP contribution in [0.2, 0.25) is 5.02 Å². The fourth-order valence-electron chi connectivity index (χ4n) is 2.51. The molecule has 26 heavy (non-hydrogen) atoms. The van der Waals surface area contributed by atoms with Gasteiger partial charge in [-0.05, 0) is 29.3 Å². The highest BCUT2D eigenvalue weighted by Gasteiger charge is 2.10. The third-order valence-corrected chi connectivity index (χ3v) is 4.08. The molecule has 1 aromatic carbocycles. The molecule has 3 N–H and O–H groups in total. The molecule has 0 atom stereocenters. The topological polar surface area (TPSA) is 91.4 Å². The number of hydrogen-bond acceptors (Lipinski definition) is 6. The van der Waals surface area contributed by atoms with Crippen LogP contribution in [0.3, 0.4) is 0 Å². The van der Waals surface area contributed by atoms with Gasteiger partial charge in [-0.15, -0.1) is 0 Å². The first kappa shape index (κ1) is 16.3. The minimum atomic E-state index is 0.508. The second-order valence-electron chi connectivity index (χ2n) is 5.69. The highest BCUT2D eigenvalue weighted by molar-refractivity contribution is 6.30. The van der Waals surface area contributed by atoms with E-state index in [-0.39, 0.29) is 0 Å². The number of H-pyrrole nitrogens is 1. The van der Waals surface area contributed by atoms with Crippen molar-refractivity contribution >= 4 is 34.5 Å². The third-order valence-electron chi connectivity index (χ3n) is 3.83. The summed E-state index contributed by atoms with van der Waals surface area (Å²) in [5.74, 6) is 1.20. The maximum absolute atomic E-state index is 5.92. The normalized spacial score (nSPS) is 10.8. The van der Waals surface area contributed by atoms with Gasteiger partial charge in [0.2, 0.25) is 5.95 Å². The Kier molecular flexibility index (Phi) is 4.61. The van der Waals surface area contributed by atoms with Crippen LogP contribution in [-0.4, -0.2) is 24.9 Å². The lowest BCUT2D eigenvalue weighted by Crippen LogP contribution is -2.08. The molecule has 0 saturated carbocycles. The molecule has 0 spiro atoms. The molecule has 0 unspecified atom stereocenters. The van der Waals surface area contributed by atoms with Crippen molar-refractivity contribution in [3.05, 3.63) is 71.3 Å². The van der Waals surface area contributed by atoms with Crippen molar-refractivity contribution in [2.24, 2.45) is 0 Å². The Morgan fingerprint density at radius 2 is 1.81 bits per heavy atom. The zero-order valence-corrected chi connectivity index (χ0v) is 14.5. The Morgan fingerprint density at radius 1 is 0.962 bits per heavy atom. The number of hydrogen-bond donors (Lipinski definition) is 3. The number of pyridine rings is 1. The van der Waals surface area contributed by atoms with Gasteiger partial charge < -0.3 is 15.6 Å². The van der Waals surface area contributed by atoms with E-state index < -0.39 is 0 Å². The number of benzene rings is 1. The Balaban J connectivity index is 1.53. The van der Waals surface area contributed by atoms with E-state index in [9.17, 15) is 0 Å². The lowest BCUT2D eigenvalue weighted by molar-refractivity contribution is 1.04. The van der Waals surface area contributed by atoms with Crippen LogP contribution in [0.5, 0.6) is 0 Å². The molecule has 3 heterocycles. The standard InChI is InChI=1S/C18H16ClN7/c19-14-5-3-12(4-6-14)9-22-18-25-16(15-17(26-18)24-11-23-15)21-10-13-2-1-7-20-8-13/h1-8,11H,9-10H2,(H3,21,22,23,24,25,26). The van der Waals surface area contributed by atoms with Crippen LogP contribution in [0.1, 0.15) is 11.1 Å². The molecule has 8 heteroatoms. The smallest absolute Gasteiger partial charge is 0.227 e. The second-order valence-corrected chi connectivity index (χ2v) is 6.13. The maximum Gasteiger partial charge on any atom is 0.227 e. The molecule has 0 aliphatic carbocycles. The van der Waals surface area contributed by atoms with Crippen molar-refractivity contribution in [1.82, 2.24) is 24.9 Å². The van der Waals surface area contributed by atoms with Crippen molar-refractivity contribution in [2.75, 3.05) is 10.6 Å². The van der Waals surface area contributed by atoms with Crippen molar-refractivity contribution in [3.8, 4) is 0 Å². The van der Waals surface area contributed by atoms with Crippen LogP contribution in [0, 0.1) is 0 Å². The van der Waals surface area contributed by atoms with E-state index >= 15 is 0 Å². The second kappa shape index (κ2) is 7.37. The molecule has 0 fully saturated rings. The van der Waals surface area contributed by atoms with Gasteiger partial charge in [-0.1, -0.05) is 29.8 Å². The first-order chi connectivity index (χ1) is 12.8. The van der Waals surface area contributed by atoms with E-state index in [4.69, 9.17) is 11.6 Å². The predicted octanol–water partition coefficient (Wildman–Crippen LogP) is 3.63. The third kappa shape index (κ3) is 3.73. The summed E-state index contributed by atoms with van der Waals surface area (Å²) in [5.41, 5.74) is 3.53. The van der Waals surface area contributed by atoms with Crippen molar-refractivity contribution in [2.45, 2.75) is 13.1 Å². The van der Waals surface area contributed by atoms with Gasteiger partial charge >= 0.3 is 0 Å². The average molecular weight is 366 g/mol. The van der Waals surface area contributed by atoms with E-state index in [0.717, 1.165) is 16.6 Å². The van der Waals surface area contributed by atoms with Crippen LogP contribution >= 0.6 is 11.6 Å². The Morgan fingerprint density at radius 3 is 2.62 bits per heavy atom. The molecule has 4 aromatic rings. The molecule has 3 aromatic heterocycles. The largest absolute Gasteiger partial charge is 0.364 e. The molecule has 4 rings (SSSR count). The van der Waals surface area contributed by atoms with Gasteiger partial charge in [0.1, 0.15) is 5.52 Å². The van der Waals surface area contributed by atoms with Crippen LogP contribution in [0.4, 0.5) is 11.8 Å². The number of imidazole rings is 1. The monoisotopic (exact) mass is 365 g/mol. The molecular formula is C18H16ClN7. The summed E-state index contributed by atoms with van der Waals surface area (Å²) >= 11 is 5.92. The Labute approximate surface area is 154 Å². The number of anilines is 2.